The van der Waals surface area contributed by atoms with Gasteiger partial charge in [0.15, 0.2) is 5.78 Å². The van der Waals surface area contributed by atoms with Crippen LogP contribution in [0.3, 0.4) is 0 Å². The maximum Gasteiger partial charge on any atom is 0.271 e. The van der Waals surface area contributed by atoms with E-state index < -0.39 is 23.6 Å². The molecule has 2 heterocycles. The molecule has 1 atom stereocenters. The van der Waals surface area contributed by atoms with Crippen molar-refractivity contribution in [2.24, 2.45) is 7.05 Å². The number of benzene rings is 2. The summed E-state index contributed by atoms with van der Waals surface area (Å²) in [6.45, 7) is 2.77. The van der Waals surface area contributed by atoms with Crippen LogP contribution in [0.2, 0.25) is 0 Å². The summed E-state index contributed by atoms with van der Waals surface area (Å²) >= 11 is 0. The molecule has 15 nitrogen and oxygen atoms in total. The van der Waals surface area contributed by atoms with Crippen molar-refractivity contribution in [1.29, 1.82) is 0 Å². The Kier molecular flexibility index (Phi) is 13.1. The van der Waals surface area contributed by atoms with Crippen molar-refractivity contribution < 1.29 is 43.0 Å². The summed E-state index contributed by atoms with van der Waals surface area (Å²) in [7, 11) is 4.80. The molecule has 2 N–H and O–H groups in total. The van der Waals surface area contributed by atoms with Gasteiger partial charge in [-0.15, -0.1) is 0 Å². The van der Waals surface area contributed by atoms with Crippen LogP contribution in [0, 0.1) is 6.92 Å². The summed E-state index contributed by atoms with van der Waals surface area (Å²) in [4.78, 5) is 92.3. The van der Waals surface area contributed by atoms with Crippen LogP contribution in [0.4, 0.5) is 0 Å². The zero-order valence-corrected chi connectivity index (χ0v) is 31.0. The number of hydrogen-bond donors (Lipinski definition) is 2. The molecule has 15 heteroatoms. The first-order chi connectivity index (χ1) is 25.9. The average molecular weight is 744 g/mol. The quantitative estimate of drug-likeness (QED) is 0.117. The summed E-state index contributed by atoms with van der Waals surface area (Å²) in [5.74, 6) is -0.860. The van der Waals surface area contributed by atoms with E-state index >= 15 is 0 Å². The molecule has 1 fully saturated rings. The second kappa shape index (κ2) is 17.9. The van der Waals surface area contributed by atoms with E-state index in [9.17, 15) is 33.6 Å². The summed E-state index contributed by atoms with van der Waals surface area (Å²) < 4.78 is 18.3. The van der Waals surface area contributed by atoms with E-state index in [4.69, 9.17) is 14.2 Å². The first kappa shape index (κ1) is 39.5. The van der Waals surface area contributed by atoms with Gasteiger partial charge in [0, 0.05) is 56.7 Å². The fourth-order valence-electron chi connectivity index (χ4n) is 6.64. The van der Waals surface area contributed by atoms with E-state index in [2.05, 4.69) is 15.6 Å². The number of ether oxygens (including phenoxy) is 3. The van der Waals surface area contributed by atoms with Crippen LogP contribution < -0.4 is 25.7 Å². The second-order valence-corrected chi connectivity index (χ2v) is 13.2. The maximum absolute atomic E-state index is 13.1. The Morgan fingerprint density at radius 2 is 1.52 bits per heavy atom. The standard InChI is InChI=1S/C39H45N5O10/c1-23-37(49)43(2)22-30(42-23)25-19-33(52-3)28(34(20-25)53-4)6-5-7-35(47)40-14-16-54-17-15-41-36(48)13-9-24-8-11-27-29(18-24)39(51)44(38(27)50)31-12-10-26(45)21-32(31)46/h8,11,18-20,22,31H,5-7,9-10,12-17,21H2,1-4H3,(H,40,47)(H,41,48). The number of hydrogen-bond acceptors (Lipinski definition) is 11. The topological polar surface area (TPSA) is 192 Å². The van der Waals surface area contributed by atoms with E-state index in [1.807, 2.05) is 12.1 Å². The molecule has 3 aromatic rings. The van der Waals surface area contributed by atoms with E-state index in [0.29, 0.717) is 54.3 Å². The molecule has 2 aliphatic rings. The molecule has 286 valence electrons. The average Bonchev–Trinajstić information content (AvgIpc) is 3.40. The molecular formula is C39H45N5O10. The van der Waals surface area contributed by atoms with Gasteiger partial charge in [0.25, 0.3) is 17.4 Å². The Morgan fingerprint density at radius 3 is 2.15 bits per heavy atom. The second-order valence-electron chi connectivity index (χ2n) is 13.2. The lowest BCUT2D eigenvalue weighted by Crippen LogP contribution is -2.47. The number of imide groups is 1. The number of aryl methyl sites for hydroxylation is 3. The normalized spacial score (nSPS) is 15.3. The molecule has 54 heavy (non-hydrogen) atoms. The van der Waals surface area contributed by atoms with E-state index in [-0.39, 0.29) is 86.1 Å². The Bertz CT molecular complexity index is 1970. The molecule has 1 aromatic heterocycles. The van der Waals surface area contributed by atoms with E-state index in [0.717, 1.165) is 16.0 Å². The fourth-order valence-corrected chi connectivity index (χ4v) is 6.64. The smallest absolute Gasteiger partial charge is 0.271 e. The third kappa shape index (κ3) is 9.26. The Hall–Kier alpha value is -5.70. The zero-order chi connectivity index (χ0) is 38.9. The Labute approximate surface area is 312 Å². The van der Waals surface area contributed by atoms with Crippen molar-refractivity contribution in [3.05, 3.63) is 74.8 Å². The van der Waals surface area contributed by atoms with Crippen LogP contribution in [0.1, 0.15) is 76.1 Å². The van der Waals surface area contributed by atoms with Gasteiger partial charge in [0.1, 0.15) is 23.0 Å². The largest absolute Gasteiger partial charge is 0.496 e. The molecule has 1 aliphatic heterocycles. The number of carbonyl (C=O) groups excluding carboxylic acids is 6. The number of amides is 4. The molecule has 1 aliphatic carbocycles. The summed E-state index contributed by atoms with van der Waals surface area (Å²) in [5, 5.41) is 5.61. The van der Waals surface area contributed by atoms with Crippen LogP contribution >= 0.6 is 0 Å². The Morgan fingerprint density at radius 1 is 0.870 bits per heavy atom. The van der Waals surface area contributed by atoms with E-state index in [1.54, 1.807) is 52.6 Å². The van der Waals surface area contributed by atoms with Crippen molar-refractivity contribution in [3.8, 4) is 22.8 Å². The number of nitrogens with one attached hydrogen (secondary N) is 2. The third-order valence-electron chi connectivity index (χ3n) is 9.48. The van der Waals surface area contributed by atoms with Crippen LogP contribution in [0.25, 0.3) is 11.3 Å². The summed E-state index contributed by atoms with van der Waals surface area (Å²) in [5.41, 5.74) is 3.49. The molecule has 0 spiro atoms. The van der Waals surface area contributed by atoms with Crippen LogP contribution in [0.15, 0.2) is 41.3 Å². The van der Waals surface area contributed by atoms with Gasteiger partial charge in [-0.1, -0.05) is 6.07 Å². The summed E-state index contributed by atoms with van der Waals surface area (Å²) in [6.07, 6.45) is 3.52. The fraction of sp³-hybridized carbons (Fsp3) is 0.436. The highest BCUT2D eigenvalue weighted by Crippen LogP contribution is 2.35. The molecule has 2 aromatic carbocycles. The van der Waals surface area contributed by atoms with Gasteiger partial charge in [-0.25, -0.2) is 4.98 Å². The van der Waals surface area contributed by atoms with Crippen LogP contribution in [-0.4, -0.2) is 96.2 Å². The van der Waals surface area contributed by atoms with Crippen molar-refractivity contribution in [1.82, 2.24) is 25.1 Å². The number of fused-ring (bicyclic) bond motifs is 1. The van der Waals surface area contributed by atoms with Gasteiger partial charge in [-0.2, -0.15) is 0 Å². The minimum Gasteiger partial charge on any atom is -0.496 e. The highest BCUT2D eigenvalue weighted by atomic mass is 16.5. The number of nitrogens with zero attached hydrogens (tertiary/aromatic N) is 3. The van der Waals surface area contributed by atoms with Gasteiger partial charge in [-0.05, 0) is 62.4 Å². The zero-order valence-electron chi connectivity index (χ0n) is 31.0. The minimum atomic E-state index is -0.928. The predicted octanol–water partition coefficient (Wildman–Crippen LogP) is 2.26. The van der Waals surface area contributed by atoms with Crippen molar-refractivity contribution in [2.45, 2.75) is 64.3 Å². The molecule has 0 saturated heterocycles. The SMILES string of the molecule is COc1cc(-c2cn(C)c(=O)c(C)n2)cc(OC)c1CCCC(=O)NCCOCCNC(=O)CCc1ccc2c(c1)C(=O)N(C1CCC(=O)CC1=O)C2=O. The first-order valence-electron chi connectivity index (χ1n) is 17.9. The van der Waals surface area contributed by atoms with Crippen LogP contribution in [-0.2, 0) is 43.8 Å². The van der Waals surface area contributed by atoms with Crippen molar-refractivity contribution >= 4 is 35.2 Å². The number of carbonyl (C=O) groups is 6. The number of ketones is 2. The Balaban J connectivity index is 0.971. The molecular weight excluding hydrogens is 698 g/mol. The summed E-state index contributed by atoms with van der Waals surface area (Å²) in [6, 6.07) is 7.57. The highest BCUT2D eigenvalue weighted by Gasteiger charge is 2.44. The van der Waals surface area contributed by atoms with Crippen molar-refractivity contribution in [2.75, 3.05) is 40.5 Å². The number of Topliss-reactive ketones (excluding diaryl/α,β-unsaturated/α-hetero) is 2. The predicted molar refractivity (Wildman–Crippen MR) is 195 cm³/mol. The highest BCUT2D eigenvalue weighted by molar-refractivity contribution is 6.23. The van der Waals surface area contributed by atoms with Gasteiger partial charge >= 0.3 is 0 Å². The molecule has 1 unspecified atom stereocenters. The molecule has 1 saturated carbocycles. The molecule has 0 bridgehead atoms. The van der Waals surface area contributed by atoms with Gasteiger partial charge in [0.05, 0.1) is 56.7 Å². The lowest BCUT2D eigenvalue weighted by molar-refractivity contribution is -0.132. The van der Waals surface area contributed by atoms with Crippen LogP contribution in [0.5, 0.6) is 11.5 Å². The number of methoxy groups -OCH3 is 2. The van der Waals surface area contributed by atoms with Gasteiger partial charge < -0.3 is 29.4 Å². The van der Waals surface area contributed by atoms with Gasteiger partial charge in [0.2, 0.25) is 11.8 Å². The molecule has 0 radical (unpaired) electrons. The lowest BCUT2D eigenvalue weighted by atomic mass is 9.92. The third-order valence-corrected chi connectivity index (χ3v) is 9.48. The van der Waals surface area contributed by atoms with Crippen molar-refractivity contribution in [3.63, 3.8) is 0 Å². The lowest BCUT2D eigenvalue weighted by Gasteiger charge is -2.27. The molecule has 5 rings (SSSR count). The number of aromatic nitrogens is 2. The first-order valence-corrected chi connectivity index (χ1v) is 17.9. The minimum absolute atomic E-state index is 0.129. The maximum atomic E-state index is 13.1. The monoisotopic (exact) mass is 743 g/mol. The molecule has 4 amide bonds. The van der Waals surface area contributed by atoms with Gasteiger partial charge in [-0.3, -0.25) is 38.5 Å². The number of rotatable bonds is 17. The van der Waals surface area contributed by atoms with E-state index in [1.165, 1.54) is 4.57 Å².